The Hall–Kier alpha value is -3.71. The maximum absolute atomic E-state index is 13.5. The Morgan fingerprint density at radius 3 is 2.42 bits per heavy atom. The zero-order valence-electron chi connectivity index (χ0n) is 16.3. The fourth-order valence-corrected chi connectivity index (χ4v) is 5.04. The smallest absolute Gasteiger partial charge is 0.359 e. The molecule has 3 aromatic rings. The van der Waals surface area contributed by atoms with E-state index >= 15 is 0 Å². The second kappa shape index (κ2) is 6.39. The second-order valence-corrected chi connectivity index (χ2v) is 7.78. The van der Waals surface area contributed by atoms with Crippen LogP contribution in [0.25, 0.3) is 17.3 Å². The molecule has 6 nitrogen and oxygen atoms in total. The molecule has 2 atom stereocenters. The van der Waals surface area contributed by atoms with Crippen LogP contribution in [0.15, 0.2) is 85.1 Å². The summed E-state index contributed by atoms with van der Waals surface area (Å²) in [5.74, 6) is -1.04. The lowest BCUT2D eigenvalue weighted by Crippen LogP contribution is -2.65. The van der Waals surface area contributed by atoms with E-state index in [1.807, 2.05) is 72.8 Å². The topological polar surface area (TPSA) is 73.2 Å². The first kappa shape index (κ1) is 18.1. The Balaban J connectivity index is 1.76. The third kappa shape index (κ3) is 2.24. The fraction of sp³-hybridized carbons (Fsp3) is 0.0800. The van der Waals surface area contributed by atoms with Gasteiger partial charge in [-0.25, -0.2) is 4.79 Å². The van der Waals surface area contributed by atoms with Gasteiger partial charge in [0.25, 0.3) is 5.66 Å². The minimum atomic E-state index is -1.89. The lowest BCUT2D eigenvalue weighted by Gasteiger charge is -2.45. The number of para-hydroxylation sites is 1. The van der Waals surface area contributed by atoms with E-state index in [-0.39, 0.29) is 5.23 Å². The summed E-state index contributed by atoms with van der Waals surface area (Å²) in [5, 5.41) is 21.1. The van der Waals surface area contributed by atoms with Crippen molar-refractivity contribution in [2.45, 2.75) is 11.6 Å². The van der Waals surface area contributed by atoms with Crippen molar-refractivity contribution in [3.05, 3.63) is 107 Å². The van der Waals surface area contributed by atoms with Gasteiger partial charge in [0, 0.05) is 17.3 Å². The highest BCUT2D eigenvalue weighted by Crippen LogP contribution is 2.60. The first-order chi connectivity index (χ1) is 15.1. The number of fused-ring (bicyclic) bond motifs is 7. The number of carbonyl (C=O) groups is 1. The quantitative estimate of drug-likeness (QED) is 0.372. The van der Waals surface area contributed by atoms with Gasteiger partial charge in [-0.1, -0.05) is 72.8 Å². The molecular weight excluding hydrogens is 392 g/mol. The van der Waals surface area contributed by atoms with E-state index < -0.39 is 17.6 Å². The van der Waals surface area contributed by atoms with Crippen LogP contribution in [0, 0.1) is 0 Å². The lowest BCUT2D eigenvalue weighted by atomic mass is 9.77. The van der Waals surface area contributed by atoms with E-state index in [1.165, 1.54) is 0 Å². The zero-order chi connectivity index (χ0) is 21.2. The molecule has 3 aliphatic rings. The number of benzene rings is 3. The molecule has 31 heavy (non-hydrogen) atoms. The first-order valence-electron chi connectivity index (χ1n) is 9.99. The summed E-state index contributed by atoms with van der Waals surface area (Å²) in [5.41, 5.74) is 3.18. The molecule has 0 bridgehead atoms. The number of carbonyl (C=O) groups excluding carboxylic acids is 1. The van der Waals surface area contributed by atoms with Crippen LogP contribution in [0.5, 0.6) is 5.75 Å². The summed E-state index contributed by atoms with van der Waals surface area (Å²) in [6.45, 7) is 0. The standard InChI is InChI=1S/C25H18N2O4/c28-24-25(27(29)30)22(19-12-6-7-13-20(19)31-24)21(17-9-2-1-3-10-17)23-18-11-5-4-8-16(18)14-15-26(23)25/h1-15,22,29-30H. The van der Waals surface area contributed by atoms with E-state index in [0.29, 0.717) is 11.3 Å². The molecule has 6 heteroatoms. The highest BCUT2D eigenvalue weighted by atomic mass is 16.8. The Morgan fingerprint density at radius 2 is 1.61 bits per heavy atom. The largest absolute Gasteiger partial charge is 0.423 e. The number of hydroxylamine groups is 2. The molecule has 152 valence electrons. The number of hydrogen-bond donors (Lipinski definition) is 2. The van der Waals surface area contributed by atoms with Gasteiger partial charge in [-0.05, 0) is 34.1 Å². The summed E-state index contributed by atoms with van der Waals surface area (Å²) in [7, 11) is 0. The van der Waals surface area contributed by atoms with Crippen LogP contribution < -0.4 is 4.74 Å². The van der Waals surface area contributed by atoms with Crippen LogP contribution in [0.4, 0.5) is 0 Å². The molecule has 0 saturated carbocycles. The van der Waals surface area contributed by atoms with Crippen molar-refractivity contribution in [2.24, 2.45) is 0 Å². The molecule has 0 saturated heterocycles. The second-order valence-electron chi connectivity index (χ2n) is 7.78. The van der Waals surface area contributed by atoms with Crippen molar-refractivity contribution in [2.75, 3.05) is 0 Å². The average molecular weight is 410 g/mol. The molecule has 3 aromatic carbocycles. The maximum Gasteiger partial charge on any atom is 0.359 e. The minimum absolute atomic E-state index is 0.00412. The predicted molar refractivity (Wildman–Crippen MR) is 114 cm³/mol. The molecule has 2 unspecified atom stereocenters. The van der Waals surface area contributed by atoms with Crippen molar-refractivity contribution >= 4 is 23.3 Å². The summed E-state index contributed by atoms with van der Waals surface area (Å²) >= 11 is 0. The van der Waals surface area contributed by atoms with Crippen LogP contribution in [-0.2, 0) is 4.79 Å². The fourth-order valence-electron chi connectivity index (χ4n) is 5.04. The van der Waals surface area contributed by atoms with E-state index in [4.69, 9.17) is 4.74 Å². The molecule has 0 amide bonds. The normalized spacial score (nSPS) is 23.3. The summed E-state index contributed by atoms with van der Waals surface area (Å²) in [4.78, 5) is 15.1. The molecule has 2 N–H and O–H groups in total. The Morgan fingerprint density at radius 1 is 0.903 bits per heavy atom. The number of hydrogen-bond acceptors (Lipinski definition) is 6. The van der Waals surface area contributed by atoms with Gasteiger partial charge >= 0.3 is 5.97 Å². The first-order valence-corrected chi connectivity index (χ1v) is 9.99. The van der Waals surface area contributed by atoms with Crippen molar-refractivity contribution < 1.29 is 19.9 Å². The van der Waals surface area contributed by atoms with Crippen molar-refractivity contribution in [1.29, 1.82) is 0 Å². The maximum atomic E-state index is 13.5. The number of rotatable bonds is 2. The molecule has 0 aromatic heterocycles. The molecule has 3 aliphatic heterocycles. The van der Waals surface area contributed by atoms with Crippen molar-refractivity contribution in [1.82, 2.24) is 10.1 Å². The van der Waals surface area contributed by atoms with Crippen LogP contribution in [0.1, 0.15) is 28.2 Å². The highest BCUT2D eigenvalue weighted by Gasteiger charge is 2.66. The Bertz CT molecular complexity index is 1280. The van der Waals surface area contributed by atoms with Crippen LogP contribution in [0.3, 0.4) is 0 Å². The molecule has 3 heterocycles. The van der Waals surface area contributed by atoms with Crippen molar-refractivity contribution in [3.63, 3.8) is 0 Å². The molecule has 6 rings (SSSR count). The average Bonchev–Trinajstić information content (AvgIpc) is 3.13. The number of ether oxygens (including phenoxy) is 1. The Kier molecular flexibility index (Phi) is 3.73. The number of esters is 1. The van der Waals surface area contributed by atoms with Gasteiger partial charge in [0.1, 0.15) is 5.75 Å². The van der Waals surface area contributed by atoms with E-state index in [9.17, 15) is 15.2 Å². The Labute approximate surface area is 178 Å². The van der Waals surface area contributed by atoms with Crippen LogP contribution >= 0.6 is 0 Å². The summed E-state index contributed by atoms with van der Waals surface area (Å²) < 4.78 is 5.63. The third-order valence-corrected chi connectivity index (χ3v) is 6.30. The molecule has 0 fully saturated rings. The minimum Gasteiger partial charge on any atom is -0.423 e. The van der Waals surface area contributed by atoms with Gasteiger partial charge in [0.15, 0.2) is 0 Å². The van der Waals surface area contributed by atoms with E-state index in [0.717, 1.165) is 28.0 Å². The predicted octanol–water partition coefficient (Wildman–Crippen LogP) is 4.33. The number of nitrogens with zero attached hydrogens (tertiary/aromatic N) is 2. The highest BCUT2D eigenvalue weighted by molar-refractivity contribution is 6.07. The molecule has 0 radical (unpaired) electrons. The third-order valence-electron chi connectivity index (χ3n) is 6.30. The van der Waals surface area contributed by atoms with E-state index in [2.05, 4.69) is 0 Å². The van der Waals surface area contributed by atoms with Gasteiger partial charge in [0.2, 0.25) is 0 Å². The molecular formula is C25H18N2O4. The molecule has 0 aliphatic carbocycles. The van der Waals surface area contributed by atoms with Gasteiger partial charge in [-0.15, -0.1) is 0 Å². The zero-order valence-corrected chi connectivity index (χ0v) is 16.3. The van der Waals surface area contributed by atoms with Gasteiger partial charge < -0.3 is 9.64 Å². The van der Waals surface area contributed by atoms with Crippen LogP contribution in [0.2, 0.25) is 0 Å². The van der Waals surface area contributed by atoms with Gasteiger partial charge in [0.05, 0.1) is 11.6 Å². The van der Waals surface area contributed by atoms with E-state index in [1.54, 1.807) is 23.2 Å². The molecule has 0 spiro atoms. The lowest BCUT2D eigenvalue weighted by molar-refractivity contribution is -0.376. The van der Waals surface area contributed by atoms with Crippen LogP contribution in [-0.4, -0.2) is 32.2 Å². The monoisotopic (exact) mass is 410 g/mol. The van der Waals surface area contributed by atoms with Gasteiger partial charge in [-0.3, -0.25) is 10.4 Å². The van der Waals surface area contributed by atoms with Crippen molar-refractivity contribution in [3.8, 4) is 5.75 Å². The summed E-state index contributed by atoms with van der Waals surface area (Å²) in [6, 6.07) is 24.8. The SMILES string of the molecule is O=C1Oc2ccccc2C2C(c3ccccc3)=C3c4ccccc4C=CN3C12N(O)O. The van der Waals surface area contributed by atoms with Gasteiger partial charge in [-0.2, -0.15) is 0 Å². The summed E-state index contributed by atoms with van der Waals surface area (Å²) in [6.07, 6.45) is 3.58.